The van der Waals surface area contributed by atoms with E-state index in [9.17, 15) is 0 Å². The Bertz CT molecular complexity index is 601. The molecule has 112 valence electrons. The van der Waals surface area contributed by atoms with Crippen molar-refractivity contribution in [3.8, 4) is 11.5 Å². The van der Waals surface area contributed by atoms with Gasteiger partial charge in [-0.25, -0.2) is 0 Å². The highest BCUT2D eigenvalue weighted by molar-refractivity contribution is 6.31. The molecule has 4 heteroatoms. The van der Waals surface area contributed by atoms with Crippen molar-refractivity contribution < 1.29 is 9.47 Å². The van der Waals surface area contributed by atoms with Crippen LogP contribution in [-0.4, -0.2) is 14.2 Å². The third-order valence-electron chi connectivity index (χ3n) is 3.46. The first-order valence-electron chi connectivity index (χ1n) is 6.87. The van der Waals surface area contributed by atoms with Crippen LogP contribution in [0.5, 0.6) is 11.5 Å². The fourth-order valence-corrected chi connectivity index (χ4v) is 2.24. The number of rotatable bonds is 6. The first kappa shape index (κ1) is 15.7. The Morgan fingerprint density at radius 1 is 1.19 bits per heavy atom. The highest BCUT2D eigenvalue weighted by Crippen LogP contribution is 2.30. The zero-order valence-electron chi connectivity index (χ0n) is 12.5. The van der Waals surface area contributed by atoms with Gasteiger partial charge in [-0.05, 0) is 26.1 Å². The molecule has 0 aliphatic carbocycles. The summed E-state index contributed by atoms with van der Waals surface area (Å²) < 4.78 is 11.2. The molecule has 1 atom stereocenters. The van der Waals surface area contributed by atoms with Crippen LogP contribution in [0.15, 0.2) is 42.5 Å². The number of hydrogen-bond acceptors (Lipinski definition) is 3. The number of benzene rings is 2. The van der Waals surface area contributed by atoms with Gasteiger partial charge in [0, 0.05) is 28.3 Å². The molecule has 0 radical (unpaired) electrons. The quantitative estimate of drug-likeness (QED) is 0.867. The molecule has 1 N–H and O–H groups in total. The normalized spacial score (nSPS) is 12.0. The summed E-state index contributed by atoms with van der Waals surface area (Å²) in [6, 6.07) is 13.7. The molecule has 2 aromatic rings. The zero-order valence-corrected chi connectivity index (χ0v) is 13.3. The van der Waals surface area contributed by atoms with E-state index in [2.05, 4.69) is 12.2 Å². The summed E-state index contributed by atoms with van der Waals surface area (Å²) >= 11 is 6.16. The Balaban J connectivity index is 2.23. The molecule has 0 spiro atoms. The van der Waals surface area contributed by atoms with Crippen molar-refractivity contribution in [1.82, 2.24) is 5.32 Å². The van der Waals surface area contributed by atoms with Crippen LogP contribution in [0.1, 0.15) is 24.1 Å². The molecule has 2 rings (SSSR count). The molecule has 0 bridgehead atoms. The van der Waals surface area contributed by atoms with Crippen LogP contribution in [0.3, 0.4) is 0 Å². The number of halogens is 1. The summed E-state index contributed by atoms with van der Waals surface area (Å²) in [6.07, 6.45) is 0. The molecule has 1 unspecified atom stereocenters. The topological polar surface area (TPSA) is 30.5 Å². The van der Waals surface area contributed by atoms with E-state index in [1.54, 1.807) is 7.11 Å². The van der Waals surface area contributed by atoms with E-state index in [-0.39, 0.29) is 6.04 Å². The van der Waals surface area contributed by atoms with Gasteiger partial charge in [0.1, 0.15) is 18.1 Å². The lowest BCUT2D eigenvalue weighted by Crippen LogP contribution is -2.14. The van der Waals surface area contributed by atoms with E-state index in [0.29, 0.717) is 11.6 Å². The fourth-order valence-electron chi connectivity index (χ4n) is 2.05. The van der Waals surface area contributed by atoms with E-state index in [1.807, 2.05) is 49.5 Å². The minimum atomic E-state index is 0.192. The maximum Gasteiger partial charge on any atom is 0.128 e. The summed E-state index contributed by atoms with van der Waals surface area (Å²) in [6.45, 7) is 2.51. The maximum atomic E-state index is 6.16. The SMILES string of the molecule is CNC(C)c1ccc(OC)cc1OCc1ccccc1Cl. The van der Waals surface area contributed by atoms with Crippen molar-refractivity contribution in [3.05, 3.63) is 58.6 Å². The third-order valence-corrected chi connectivity index (χ3v) is 3.83. The standard InChI is InChI=1S/C17H20ClNO2/c1-12(19-2)15-9-8-14(20-3)10-17(15)21-11-13-6-4-5-7-16(13)18/h4-10,12,19H,11H2,1-3H3. The summed E-state index contributed by atoms with van der Waals surface area (Å²) in [5.74, 6) is 1.58. The van der Waals surface area contributed by atoms with Crippen LogP contribution in [0.4, 0.5) is 0 Å². The van der Waals surface area contributed by atoms with Gasteiger partial charge in [0.25, 0.3) is 0 Å². The van der Waals surface area contributed by atoms with E-state index in [1.165, 1.54) is 0 Å². The van der Waals surface area contributed by atoms with Crippen molar-refractivity contribution in [2.45, 2.75) is 19.6 Å². The molecule has 0 aromatic heterocycles. The highest BCUT2D eigenvalue weighted by atomic mass is 35.5. The molecule has 3 nitrogen and oxygen atoms in total. The molecule has 2 aromatic carbocycles. The molecule has 0 fully saturated rings. The molecule has 0 amide bonds. The van der Waals surface area contributed by atoms with E-state index >= 15 is 0 Å². The van der Waals surface area contributed by atoms with Crippen molar-refractivity contribution in [2.75, 3.05) is 14.2 Å². The van der Waals surface area contributed by atoms with Gasteiger partial charge in [-0.1, -0.05) is 35.9 Å². The Morgan fingerprint density at radius 2 is 1.95 bits per heavy atom. The minimum absolute atomic E-state index is 0.192. The van der Waals surface area contributed by atoms with Gasteiger partial charge < -0.3 is 14.8 Å². The molecule has 0 saturated heterocycles. The van der Waals surface area contributed by atoms with Crippen molar-refractivity contribution in [2.24, 2.45) is 0 Å². The van der Waals surface area contributed by atoms with Crippen molar-refractivity contribution in [3.63, 3.8) is 0 Å². The van der Waals surface area contributed by atoms with Gasteiger partial charge in [0.2, 0.25) is 0 Å². The molecule has 0 aliphatic rings. The molecular weight excluding hydrogens is 286 g/mol. The van der Waals surface area contributed by atoms with E-state index < -0.39 is 0 Å². The predicted molar refractivity (Wildman–Crippen MR) is 86.3 cm³/mol. The van der Waals surface area contributed by atoms with Gasteiger partial charge in [-0.3, -0.25) is 0 Å². The summed E-state index contributed by atoms with van der Waals surface area (Å²) in [7, 11) is 3.57. The monoisotopic (exact) mass is 305 g/mol. The van der Waals surface area contributed by atoms with E-state index in [0.717, 1.165) is 22.6 Å². The Labute approximate surface area is 130 Å². The minimum Gasteiger partial charge on any atom is -0.497 e. The molecule has 21 heavy (non-hydrogen) atoms. The van der Waals surface area contributed by atoms with Crippen molar-refractivity contribution in [1.29, 1.82) is 0 Å². The van der Waals surface area contributed by atoms with Crippen LogP contribution < -0.4 is 14.8 Å². The first-order valence-corrected chi connectivity index (χ1v) is 7.25. The number of hydrogen-bond donors (Lipinski definition) is 1. The van der Waals surface area contributed by atoms with Crippen LogP contribution in [0.25, 0.3) is 0 Å². The lowest BCUT2D eigenvalue weighted by atomic mass is 10.1. The molecule has 0 heterocycles. The third kappa shape index (κ3) is 3.90. The van der Waals surface area contributed by atoms with Crippen molar-refractivity contribution >= 4 is 11.6 Å². The zero-order chi connectivity index (χ0) is 15.2. The van der Waals surface area contributed by atoms with Gasteiger partial charge >= 0.3 is 0 Å². The number of ether oxygens (including phenoxy) is 2. The van der Waals surface area contributed by atoms with Crippen LogP contribution in [0.2, 0.25) is 5.02 Å². The second-order valence-corrected chi connectivity index (χ2v) is 5.20. The second-order valence-electron chi connectivity index (χ2n) is 4.79. The van der Waals surface area contributed by atoms with Gasteiger partial charge in [0.15, 0.2) is 0 Å². The van der Waals surface area contributed by atoms with Gasteiger partial charge in [-0.15, -0.1) is 0 Å². The average Bonchev–Trinajstić information content (AvgIpc) is 2.53. The molecular formula is C17H20ClNO2. The highest BCUT2D eigenvalue weighted by Gasteiger charge is 2.12. The Morgan fingerprint density at radius 3 is 2.62 bits per heavy atom. The Kier molecular flexibility index (Phi) is 5.48. The van der Waals surface area contributed by atoms with E-state index in [4.69, 9.17) is 21.1 Å². The summed E-state index contributed by atoms with van der Waals surface area (Å²) in [5.41, 5.74) is 2.05. The van der Waals surface area contributed by atoms with Crippen LogP contribution in [-0.2, 0) is 6.61 Å². The fraction of sp³-hybridized carbons (Fsp3) is 0.294. The number of methoxy groups -OCH3 is 1. The lowest BCUT2D eigenvalue weighted by Gasteiger charge is -2.18. The van der Waals surface area contributed by atoms with Gasteiger partial charge in [0.05, 0.1) is 7.11 Å². The summed E-state index contributed by atoms with van der Waals surface area (Å²) in [4.78, 5) is 0. The first-order chi connectivity index (χ1) is 10.2. The molecule has 0 aliphatic heterocycles. The lowest BCUT2D eigenvalue weighted by molar-refractivity contribution is 0.298. The smallest absolute Gasteiger partial charge is 0.128 e. The average molecular weight is 306 g/mol. The summed E-state index contributed by atoms with van der Waals surface area (Å²) in [5, 5.41) is 3.93. The number of nitrogens with one attached hydrogen (secondary N) is 1. The van der Waals surface area contributed by atoms with Crippen LogP contribution in [0, 0.1) is 0 Å². The van der Waals surface area contributed by atoms with Gasteiger partial charge in [-0.2, -0.15) is 0 Å². The Hall–Kier alpha value is -1.71. The maximum absolute atomic E-state index is 6.16. The predicted octanol–water partition coefficient (Wildman–Crippen LogP) is 4.21. The second kappa shape index (κ2) is 7.34. The van der Waals surface area contributed by atoms with Crippen LogP contribution >= 0.6 is 11.6 Å². The largest absolute Gasteiger partial charge is 0.497 e. The molecule has 0 saturated carbocycles.